The molecule has 1 aromatic carbocycles. The number of fused-ring (bicyclic) bond motifs is 1. The second kappa shape index (κ2) is 14.5. The molecule has 2 rings (SSSR count). The summed E-state index contributed by atoms with van der Waals surface area (Å²) < 4.78 is 49.8. The first kappa shape index (κ1) is 30.9. The first-order valence-electron chi connectivity index (χ1n) is 12.8. The Kier molecular flexibility index (Phi) is 12.1. The van der Waals surface area contributed by atoms with Crippen LogP contribution in [-0.4, -0.2) is 79.6 Å². The van der Waals surface area contributed by atoms with Gasteiger partial charge in [-0.15, -0.1) is 0 Å². The molecule has 210 valence electrons. The van der Waals surface area contributed by atoms with Gasteiger partial charge in [0.1, 0.15) is 5.75 Å². The van der Waals surface area contributed by atoms with Crippen LogP contribution in [0.2, 0.25) is 0 Å². The maximum Gasteiger partial charge on any atom is 0.389 e. The highest BCUT2D eigenvalue weighted by molar-refractivity contribution is 5.99. The minimum Gasteiger partial charge on any atom is -0.490 e. The number of amides is 2. The third-order valence-electron chi connectivity index (χ3n) is 6.38. The number of rotatable bonds is 7. The molecule has 1 aliphatic heterocycles. The standard InChI is InChI=1S/C26H40F3N3O5/c1-17-15-32(18(2)16-33)25(35)21-13-20(31-24(34)10-11-26(27,28)29)8-9-22(21)37-19(3)7-5-6-12-36-23(17)14-30-4/h8-9,13,17-19,23,30,33H,5-7,10-12,14-16H2,1-4H3,(H,31,34)/t17-,18-,19-,23-/m0/s1. The van der Waals surface area contributed by atoms with Crippen molar-refractivity contribution in [3.05, 3.63) is 23.8 Å². The summed E-state index contributed by atoms with van der Waals surface area (Å²) in [6, 6.07) is 3.96. The minimum absolute atomic E-state index is 0.0677. The van der Waals surface area contributed by atoms with Gasteiger partial charge in [-0.25, -0.2) is 0 Å². The Bertz CT molecular complexity index is 884. The number of aliphatic hydroxyl groups is 1. The van der Waals surface area contributed by atoms with Crippen molar-refractivity contribution in [3.63, 3.8) is 0 Å². The van der Waals surface area contributed by atoms with Crippen LogP contribution in [-0.2, 0) is 9.53 Å². The van der Waals surface area contributed by atoms with E-state index in [0.717, 1.165) is 19.3 Å². The number of aliphatic hydroxyl groups excluding tert-OH is 1. The van der Waals surface area contributed by atoms with E-state index in [4.69, 9.17) is 9.47 Å². The van der Waals surface area contributed by atoms with E-state index in [1.807, 2.05) is 20.9 Å². The highest BCUT2D eigenvalue weighted by Gasteiger charge is 2.30. The third kappa shape index (κ3) is 10.1. The van der Waals surface area contributed by atoms with Crippen molar-refractivity contribution >= 4 is 17.5 Å². The molecule has 4 atom stereocenters. The van der Waals surface area contributed by atoms with Crippen molar-refractivity contribution in [2.75, 3.05) is 38.7 Å². The average molecular weight is 532 g/mol. The second-order valence-corrected chi connectivity index (χ2v) is 9.73. The maximum absolute atomic E-state index is 13.8. The van der Waals surface area contributed by atoms with E-state index in [0.29, 0.717) is 25.4 Å². The normalized spacial score (nSPS) is 23.0. The zero-order chi connectivity index (χ0) is 27.6. The van der Waals surface area contributed by atoms with E-state index in [2.05, 4.69) is 10.6 Å². The maximum atomic E-state index is 13.8. The molecular weight excluding hydrogens is 491 g/mol. The Morgan fingerprint density at radius 3 is 2.65 bits per heavy atom. The number of likely N-dealkylation sites (N-methyl/N-ethyl adjacent to an activating group) is 1. The van der Waals surface area contributed by atoms with Crippen molar-refractivity contribution in [2.24, 2.45) is 5.92 Å². The monoisotopic (exact) mass is 531 g/mol. The van der Waals surface area contributed by atoms with Crippen LogP contribution < -0.4 is 15.4 Å². The fourth-order valence-corrected chi connectivity index (χ4v) is 4.17. The molecule has 0 aliphatic carbocycles. The number of hydrogen-bond acceptors (Lipinski definition) is 6. The first-order chi connectivity index (χ1) is 17.4. The quantitative estimate of drug-likeness (QED) is 0.492. The number of nitrogens with zero attached hydrogens (tertiary/aromatic N) is 1. The van der Waals surface area contributed by atoms with Gasteiger partial charge < -0.3 is 30.1 Å². The van der Waals surface area contributed by atoms with Crippen molar-refractivity contribution in [3.8, 4) is 5.75 Å². The SMILES string of the molecule is CNC[C@@H]1OCCCC[C@H](C)Oc2ccc(NC(=O)CCC(F)(F)F)cc2C(=O)N([C@@H](C)CO)C[C@@H]1C. The molecule has 8 nitrogen and oxygen atoms in total. The molecule has 0 saturated heterocycles. The molecule has 37 heavy (non-hydrogen) atoms. The zero-order valence-corrected chi connectivity index (χ0v) is 22.1. The third-order valence-corrected chi connectivity index (χ3v) is 6.38. The number of carbonyl (C=O) groups excluding carboxylic acids is 2. The number of hydrogen-bond donors (Lipinski definition) is 3. The molecule has 2 amide bonds. The van der Waals surface area contributed by atoms with Crippen molar-refractivity contribution in [1.29, 1.82) is 0 Å². The molecule has 0 bridgehead atoms. The molecule has 0 fully saturated rings. The molecule has 0 aromatic heterocycles. The van der Waals surface area contributed by atoms with Gasteiger partial charge in [0, 0.05) is 37.7 Å². The predicted octanol–water partition coefficient (Wildman–Crippen LogP) is 3.98. The topological polar surface area (TPSA) is 100 Å². The molecule has 0 unspecified atom stereocenters. The second-order valence-electron chi connectivity index (χ2n) is 9.73. The van der Waals surface area contributed by atoms with Gasteiger partial charge in [-0.05, 0) is 58.4 Å². The number of ether oxygens (including phenoxy) is 2. The number of anilines is 1. The smallest absolute Gasteiger partial charge is 0.389 e. The molecule has 11 heteroatoms. The molecule has 1 aromatic rings. The molecule has 0 radical (unpaired) electrons. The molecule has 1 heterocycles. The van der Waals surface area contributed by atoms with Crippen LogP contribution in [0.4, 0.5) is 18.9 Å². The lowest BCUT2D eigenvalue weighted by Crippen LogP contribution is -2.47. The Morgan fingerprint density at radius 2 is 2.00 bits per heavy atom. The van der Waals surface area contributed by atoms with Crippen LogP contribution in [0.3, 0.4) is 0 Å². The van der Waals surface area contributed by atoms with Gasteiger partial charge in [-0.1, -0.05) is 6.92 Å². The largest absolute Gasteiger partial charge is 0.490 e. The Morgan fingerprint density at radius 1 is 1.27 bits per heavy atom. The van der Waals surface area contributed by atoms with Gasteiger partial charge in [0.25, 0.3) is 5.91 Å². The van der Waals surface area contributed by atoms with Crippen LogP contribution in [0.15, 0.2) is 18.2 Å². The summed E-state index contributed by atoms with van der Waals surface area (Å²) in [6.45, 7) is 6.82. The summed E-state index contributed by atoms with van der Waals surface area (Å²) in [4.78, 5) is 27.5. The van der Waals surface area contributed by atoms with Gasteiger partial charge in [0.05, 0.1) is 36.8 Å². The van der Waals surface area contributed by atoms with E-state index in [1.165, 1.54) is 12.1 Å². The lowest BCUT2D eigenvalue weighted by molar-refractivity contribution is -0.142. The van der Waals surface area contributed by atoms with Crippen LogP contribution in [0.25, 0.3) is 0 Å². The molecule has 0 spiro atoms. The number of benzene rings is 1. The van der Waals surface area contributed by atoms with Gasteiger partial charge in [-0.2, -0.15) is 13.2 Å². The van der Waals surface area contributed by atoms with Gasteiger partial charge in [-0.3, -0.25) is 9.59 Å². The van der Waals surface area contributed by atoms with Crippen LogP contribution in [0.5, 0.6) is 5.75 Å². The summed E-state index contributed by atoms with van der Waals surface area (Å²) in [5.41, 5.74) is 0.355. The lowest BCUT2D eigenvalue weighted by atomic mass is 10.0. The Hall–Kier alpha value is -2.37. The van der Waals surface area contributed by atoms with E-state index in [1.54, 1.807) is 17.9 Å². The van der Waals surface area contributed by atoms with Crippen molar-refractivity contribution in [1.82, 2.24) is 10.2 Å². The van der Waals surface area contributed by atoms with E-state index >= 15 is 0 Å². The minimum atomic E-state index is -4.44. The highest BCUT2D eigenvalue weighted by Crippen LogP contribution is 2.29. The number of alkyl halides is 3. The van der Waals surface area contributed by atoms with Crippen LogP contribution in [0, 0.1) is 5.92 Å². The summed E-state index contributed by atoms with van der Waals surface area (Å²) in [5, 5.41) is 15.5. The van der Waals surface area contributed by atoms with E-state index in [9.17, 15) is 27.9 Å². The number of nitrogens with one attached hydrogen (secondary N) is 2. The summed E-state index contributed by atoms with van der Waals surface area (Å²) in [6.07, 6.45) is -4.31. The van der Waals surface area contributed by atoms with Crippen molar-refractivity contribution in [2.45, 2.75) is 77.3 Å². The summed E-state index contributed by atoms with van der Waals surface area (Å²) in [5.74, 6) is -0.973. The Labute approximate surface area is 216 Å². The molecule has 3 N–H and O–H groups in total. The molecular formula is C26H40F3N3O5. The van der Waals surface area contributed by atoms with Gasteiger partial charge >= 0.3 is 6.18 Å². The van der Waals surface area contributed by atoms with Gasteiger partial charge in [0.2, 0.25) is 5.91 Å². The zero-order valence-electron chi connectivity index (χ0n) is 22.1. The molecule has 1 aliphatic rings. The first-order valence-corrected chi connectivity index (χ1v) is 12.8. The van der Waals surface area contributed by atoms with Crippen molar-refractivity contribution < 1.29 is 37.3 Å². The fraction of sp³-hybridized carbons (Fsp3) is 0.692. The van der Waals surface area contributed by atoms with E-state index in [-0.39, 0.29) is 36.0 Å². The summed E-state index contributed by atoms with van der Waals surface area (Å²) >= 11 is 0. The number of halogens is 3. The fourth-order valence-electron chi connectivity index (χ4n) is 4.17. The number of carbonyl (C=O) groups is 2. The molecule has 0 saturated carbocycles. The average Bonchev–Trinajstić information content (AvgIpc) is 2.84. The lowest BCUT2D eigenvalue weighted by Gasteiger charge is -2.34. The van der Waals surface area contributed by atoms with E-state index < -0.39 is 36.9 Å². The van der Waals surface area contributed by atoms with Crippen LogP contribution in [0.1, 0.15) is 63.2 Å². The van der Waals surface area contributed by atoms with Gasteiger partial charge in [0.15, 0.2) is 0 Å². The van der Waals surface area contributed by atoms with Crippen LogP contribution >= 0.6 is 0 Å². The Balaban J connectivity index is 2.42. The summed E-state index contributed by atoms with van der Waals surface area (Å²) in [7, 11) is 1.83. The highest BCUT2D eigenvalue weighted by atomic mass is 19.4. The predicted molar refractivity (Wildman–Crippen MR) is 135 cm³/mol.